The number of H-pyrrole nitrogens is 1. The molecule has 6 nitrogen and oxygen atoms in total. The average Bonchev–Trinajstić information content (AvgIpc) is 3.43. The molecule has 2 amide bonds. The molecule has 29 heavy (non-hydrogen) atoms. The predicted octanol–water partition coefficient (Wildman–Crippen LogP) is 3.31. The quantitative estimate of drug-likeness (QED) is 0.502. The molecule has 0 radical (unpaired) electrons. The lowest BCUT2D eigenvalue weighted by atomic mass is 9.96. The summed E-state index contributed by atoms with van der Waals surface area (Å²) in [6.45, 7) is 1.67. The Hall–Kier alpha value is -3.16. The topological polar surface area (TPSA) is 70.1 Å². The molecule has 0 spiro atoms. The fraction of sp³-hybridized carbons (Fsp3) is 0.182. The number of thiophene rings is 1. The van der Waals surface area contributed by atoms with E-state index in [0.29, 0.717) is 11.1 Å². The number of aromatic nitrogens is 2. The molecule has 0 fully saturated rings. The zero-order valence-corrected chi connectivity index (χ0v) is 17.0. The SMILES string of the molecule is CN(C)CCn1cc(C2=C(c3c[nH]c4sccc34)C(=O)NC2=O)c2ccccc21. The minimum Gasteiger partial charge on any atom is -0.352 e. The van der Waals surface area contributed by atoms with Crippen molar-refractivity contribution >= 4 is 55.4 Å². The summed E-state index contributed by atoms with van der Waals surface area (Å²) in [6.07, 6.45) is 3.82. The van der Waals surface area contributed by atoms with E-state index in [-0.39, 0.29) is 11.8 Å². The first-order chi connectivity index (χ1) is 14.0. The lowest BCUT2D eigenvalue weighted by molar-refractivity contribution is -0.122. The lowest BCUT2D eigenvalue weighted by Crippen LogP contribution is -2.22. The Bertz CT molecular complexity index is 1300. The van der Waals surface area contributed by atoms with E-state index >= 15 is 0 Å². The Morgan fingerprint density at radius 3 is 2.55 bits per heavy atom. The number of hydrogen-bond donors (Lipinski definition) is 2. The van der Waals surface area contributed by atoms with E-state index in [2.05, 4.69) is 25.8 Å². The highest BCUT2D eigenvalue weighted by molar-refractivity contribution is 7.16. The first kappa shape index (κ1) is 17.9. The average molecular weight is 404 g/mol. The summed E-state index contributed by atoms with van der Waals surface area (Å²) >= 11 is 1.58. The molecule has 0 bridgehead atoms. The summed E-state index contributed by atoms with van der Waals surface area (Å²) in [5.41, 5.74) is 3.50. The van der Waals surface area contributed by atoms with E-state index in [1.807, 2.05) is 56.1 Å². The van der Waals surface area contributed by atoms with Gasteiger partial charge in [0.1, 0.15) is 4.83 Å². The molecule has 4 aromatic rings. The summed E-state index contributed by atoms with van der Waals surface area (Å²) in [4.78, 5) is 32.0. The van der Waals surface area contributed by atoms with Gasteiger partial charge in [-0.1, -0.05) is 18.2 Å². The van der Waals surface area contributed by atoms with Crippen molar-refractivity contribution in [3.8, 4) is 0 Å². The van der Waals surface area contributed by atoms with Gasteiger partial charge in [-0.2, -0.15) is 0 Å². The van der Waals surface area contributed by atoms with Crippen LogP contribution in [-0.4, -0.2) is 46.9 Å². The van der Waals surface area contributed by atoms with Crippen LogP contribution < -0.4 is 5.32 Å². The molecule has 0 atom stereocenters. The van der Waals surface area contributed by atoms with E-state index in [0.717, 1.165) is 45.3 Å². The second-order valence-electron chi connectivity index (χ2n) is 7.46. The van der Waals surface area contributed by atoms with Crippen LogP contribution in [-0.2, 0) is 16.1 Å². The number of carbonyl (C=O) groups is 2. The maximum Gasteiger partial charge on any atom is 0.259 e. The highest BCUT2D eigenvalue weighted by Crippen LogP contribution is 2.39. The molecule has 3 aromatic heterocycles. The van der Waals surface area contributed by atoms with Crippen molar-refractivity contribution in [1.29, 1.82) is 0 Å². The van der Waals surface area contributed by atoms with Crippen LogP contribution in [0, 0.1) is 0 Å². The van der Waals surface area contributed by atoms with Crippen LogP contribution in [0.3, 0.4) is 0 Å². The molecule has 4 heterocycles. The smallest absolute Gasteiger partial charge is 0.259 e. The molecule has 0 saturated heterocycles. The number of carbonyl (C=O) groups excluding carboxylic acids is 2. The van der Waals surface area contributed by atoms with Gasteiger partial charge in [0.2, 0.25) is 0 Å². The van der Waals surface area contributed by atoms with Crippen molar-refractivity contribution in [1.82, 2.24) is 19.8 Å². The number of fused-ring (bicyclic) bond motifs is 2. The molecule has 7 heteroatoms. The second kappa shape index (κ2) is 6.72. The number of rotatable bonds is 5. The van der Waals surface area contributed by atoms with E-state index in [4.69, 9.17) is 0 Å². The van der Waals surface area contributed by atoms with Gasteiger partial charge < -0.3 is 14.5 Å². The molecule has 0 saturated carbocycles. The number of amides is 2. The van der Waals surface area contributed by atoms with Gasteiger partial charge >= 0.3 is 0 Å². The minimum absolute atomic E-state index is 0.343. The van der Waals surface area contributed by atoms with E-state index in [1.54, 1.807) is 11.3 Å². The van der Waals surface area contributed by atoms with Gasteiger partial charge in [-0.15, -0.1) is 11.3 Å². The Morgan fingerprint density at radius 1 is 1.00 bits per heavy atom. The number of likely N-dealkylation sites (N-methyl/N-ethyl adjacent to an activating group) is 1. The van der Waals surface area contributed by atoms with E-state index < -0.39 is 0 Å². The first-order valence-electron chi connectivity index (χ1n) is 9.42. The number of aromatic amines is 1. The molecular weight excluding hydrogens is 384 g/mol. The van der Waals surface area contributed by atoms with Gasteiger partial charge in [0.15, 0.2) is 0 Å². The molecule has 2 N–H and O–H groups in total. The highest BCUT2D eigenvalue weighted by Gasteiger charge is 2.35. The summed E-state index contributed by atoms with van der Waals surface area (Å²) < 4.78 is 2.16. The third kappa shape index (κ3) is 2.82. The Morgan fingerprint density at radius 2 is 1.76 bits per heavy atom. The number of nitrogens with zero attached hydrogens (tertiary/aromatic N) is 2. The Labute approximate surface area is 171 Å². The molecule has 1 aliphatic heterocycles. The fourth-order valence-electron chi connectivity index (χ4n) is 3.96. The van der Waals surface area contributed by atoms with Crippen LogP contribution in [0.2, 0.25) is 0 Å². The Kier molecular flexibility index (Phi) is 4.15. The van der Waals surface area contributed by atoms with Crippen molar-refractivity contribution in [3.63, 3.8) is 0 Å². The van der Waals surface area contributed by atoms with Crippen molar-refractivity contribution < 1.29 is 9.59 Å². The Balaban J connectivity index is 1.75. The monoisotopic (exact) mass is 404 g/mol. The summed E-state index contributed by atoms with van der Waals surface area (Å²) in [6, 6.07) is 10.00. The summed E-state index contributed by atoms with van der Waals surface area (Å²) in [7, 11) is 4.07. The lowest BCUT2D eigenvalue weighted by Gasteiger charge is -2.10. The summed E-state index contributed by atoms with van der Waals surface area (Å²) in [5.74, 6) is -0.688. The van der Waals surface area contributed by atoms with Crippen LogP contribution >= 0.6 is 11.3 Å². The van der Waals surface area contributed by atoms with Gasteiger partial charge in [0.05, 0.1) is 11.1 Å². The zero-order valence-electron chi connectivity index (χ0n) is 16.2. The molecule has 0 aliphatic carbocycles. The zero-order chi connectivity index (χ0) is 20.1. The van der Waals surface area contributed by atoms with Gasteiger partial charge in [0.25, 0.3) is 11.8 Å². The van der Waals surface area contributed by atoms with Crippen LogP contribution in [0.1, 0.15) is 11.1 Å². The highest BCUT2D eigenvalue weighted by atomic mass is 32.1. The molecule has 5 rings (SSSR count). The number of hydrogen-bond acceptors (Lipinski definition) is 4. The molecule has 0 unspecified atom stereocenters. The number of nitrogens with one attached hydrogen (secondary N) is 2. The maximum atomic E-state index is 12.9. The van der Waals surface area contributed by atoms with E-state index in [1.165, 1.54) is 0 Å². The van der Waals surface area contributed by atoms with Gasteiger partial charge in [-0.05, 0) is 31.6 Å². The molecule has 146 valence electrons. The molecule has 1 aliphatic rings. The van der Waals surface area contributed by atoms with Crippen molar-refractivity contribution in [2.24, 2.45) is 0 Å². The van der Waals surface area contributed by atoms with Crippen LogP contribution in [0.5, 0.6) is 0 Å². The number of imide groups is 1. The van der Waals surface area contributed by atoms with Crippen molar-refractivity contribution in [3.05, 3.63) is 59.2 Å². The number of benzene rings is 1. The second-order valence-corrected chi connectivity index (χ2v) is 8.37. The van der Waals surface area contributed by atoms with Crippen LogP contribution in [0.25, 0.3) is 32.3 Å². The van der Waals surface area contributed by atoms with Crippen LogP contribution in [0.15, 0.2) is 48.1 Å². The van der Waals surface area contributed by atoms with Gasteiger partial charge in [0, 0.05) is 52.9 Å². The van der Waals surface area contributed by atoms with Crippen LogP contribution in [0.4, 0.5) is 0 Å². The molecular formula is C22H20N4O2S. The normalized spacial score (nSPS) is 14.7. The fourth-order valence-corrected chi connectivity index (χ4v) is 4.74. The standard InChI is InChI=1S/C22H20N4O2S/c1-25(2)8-9-26-12-16(13-5-3-4-6-17(13)26)19-18(20(27)24-21(19)28)15-11-23-22-14(15)7-10-29-22/h3-7,10-12,23H,8-9H2,1-2H3,(H,24,27,28). The van der Waals surface area contributed by atoms with E-state index in [9.17, 15) is 9.59 Å². The predicted molar refractivity (Wildman–Crippen MR) is 117 cm³/mol. The maximum absolute atomic E-state index is 12.9. The molecule has 1 aromatic carbocycles. The summed E-state index contributed by atoms with van der Waals surface area (Å²) in [5, 5.41) is 6.42. The largest absolute Gasteiger partial charge is 0.352 e. The third-order valence-corrected chi connectivity index (χ3v) is 6.20. The minimum atomic E-state index is -0.345. The van der Waals surface area contributed by atoms with Gasteiger partial charge in [-0.3, -0.25) is 14.9 Å². The van der Waals surface area contributed by atoms with Crippen molar-refractivity contribution in [2.75, 3.05) is 20.6 Å². The van der Waals surface area contributed by atoms with Crippen molar-refractivity contribution in [2.45, 2.75) is 6.54 Å². The third-order valence-electron chi connectivity index (χ3n) is 5.35. The first-order valence-corrected chi connectivity index (χ1v) is 10.3. The number of para-hydroxylation sites is 1. The van der Waals surface area contributed by atoms with Gasteiger partial charge in [-0.25, -0.2) is 0 Å².